The summed E-state index contributed by atoms with van der Waals surface area (Å²) < 4.78 is 7.54. The van der Waals surface area contributed by atoms with Gasteiger partial charge in [0, 0.05) is 24.5 Å². The van der Waals surface area contributed by atoms with Gasteiger partial charge in [0.25, 0.3) is 5.91 Å². The topological polar surface area (TPSA) is 118 Å². The zero-order chi connectivity index (χ0) is 25.3. The van der Waals surface area contributed by atoms with Crippen LogP contribution in [0.1, 0.15) is 87.9 Å². The van der Waals surface area contributed by atoms with Crippen LogP contribution in [0.25, 0.3) is 11.5 Å². The summed E-state index contributed by atoms with van der Waals surface area (Å²) in [4.78, 5) is 21.8. The highest BCUT2D eigenvalue weighted by Crippen LogP contribution is 2.36. The monoisotopic (exact) mass is 492 g/mol. The van der Waals surface area contributed by atoms with Gasteiger partial charge in [-0.2, -0.15) is 5.10 Å². The predicted molar refractivity (Wildman–Crippen MR) is 138 cm³/mol. The van der Waals surface area contributed by atoms with Crippen molar-refractivity contribution in [2.45, 2.75) is 77.4 Å². The van der Waals surface area contributed by atoms with Gasteiger partial charge in [-0.05, 0) is 76.3 Å². The van der Waals surface area contributed by atoms with Crippen molar-refractivity contribution >= 4 is 17.4 Å². The molecular weight excluding hydrogens is 456 g/mol. The fourth-order valence-electron chi connectivity index (χ4n) is 4.87. The molecule has 2 aliphatic rings. The lowest BCUT2D eigenvalue weighted by molar-refractivity contribution is 0.0730. The van der Waals surface area contributed by atoms with Crippen LogP contribution >= 0.6 is 0 Å². The molecule has 2 saturated carbocycles. The Hall–Kier alpha value is -3.20. The lowest BCUT2D eigenvalue weighted by Crippen LogP contribution is -2.22. The van der Waals surface area contributed by atoms with Crippen LogP contribution in [0.2, 0.25) is 0 Å². The first-order chi connectivity index (χ1) is 17.3. The van der Waals surface area contributed by atoms with Crippen LogP contribution in [0.3, 0.4) is 0 Å². The molecule has 3 heterocycles. The van der Waals surface area contributed by atoms with Gasteiger partial charge < -0.3 is 20.2 Å². The van der Waals surface area contributed by atoms with Crippen molar-refractivity contribution in [3.05, 3.63) is 42.2 Å². The first kappa shape index (κ1) is 24.5. The van der Waals surface area contributed by atoms with E-state index < -0.39 is 11.5 Å². The normalized spacial score (nSPS) is 20.3. The fraction of sp³-hybridized carbons (Fsp3) is 0.556. The molecule has 0 aromatic carbocycles. The number of rotatable bonds is 9. The second kappa shape index (κ2) is 10.0. The average molecular weight is 493 g/mol. The average Bonchev–Trinajstić information content (AvgIpc) is 3.38. The Labute approximate surface area is 211 Å². The molecule has 2 fully saturated rings. The van der Waals surface area contributed by atoms with Crippen LogP contribution in [0.15, 0.2) is 35.2 Å². The molecule has 0 aliphatic heterocycles. The summed E-state index contributed by atoms with van der Waals surface area (Å²) in [5.74, 6) is 2.21. The van der Waals surface area contributed by atoms with Crippen molar-refractivity contribution in [1.29, 1.82) is 0 Å². The van der Waals surface area contributed by atoms with Crippen LogP contribution < -0.4 is 10.6 Å². The largest absolute Gasteiger partial charge is 0.444 e. The van der Waals surface area contributed by atoms with E-state index in [1.54, 1.807) is 26.1 Å². The Bertz CT molecular complexity index is 1200. The Morgan fingerprint density at radius 3 is 2.64 bits per heavy atom. The summed E-state index contributed by atoms with van der Waals surface area (Å²) in [7, 11) is 0. The maximum Gasteiger partial charge on any atom is 0.277 e. The minimum Gasteiger partial charge on any atom is -0.444 e. The number of aliphatic hydroxyl groups is 1. The van der Waals surface area contributed by atoms with Crippen LogP contribution in [0.4, 0.5) is 11.5 Å². The van der Waals surface area contributed by atoms with Gasteiger partial charge in [-0.3, -0.25) is 9.48 Å². The number of hydrogen-bond acceptors (Lipinski definition) is 7. The summed E-state index contributed by atoms with van der Waals surface area (Å²) in [5, 5.41) is 21.7. The Kier molecular flexibility index (Phi) is 6.83. The summed E-state index contributed by atoms with van der Waals surface area (Å²) in [5.41, 5.74) is 0.634. The van der Waals surface area contributed by atoms with Gasteiger partial charge in [0.2, 0.25) is 5.89 Å². The van der Waals surface area contributed by atoms with Crippen LogP contribution in [-0.2, 0) is 5.60 Å². The number of pyridine rings is 1. The highest BCUT2D eigenvalue weighted by Gasteiger charge is 2.29. The van der Waals surface area contributed by atoms with Crippen LogP contribution in [0.5, 0.6) is 0 Å². The Morgan fingerprint density at radius 1 is 1.19 bits per heavy atom. The van der Waals surface area contributed by atoms with Gasteiger partial charge in [-0.15, -0.1) is 0 Å². The lowest BCUT2D eigenvalue weighted by atomic mass is 9.85. The smallest absolute Gasteiger partial charge is 0.277 e. The summed E-state index contributed by atoms with van der Waals surface area (Å²) >= 11 is 0. The van der Waals surface area contributed by atoms with E-state index in [9.17, 15) is 9.90 Å². The molecule has 0 saturated heterocycles. The van der Waals surface area contributed by atoms with Gasteiger partial charge in [0.15, 0.2) is 5.69 Å². The summed E-state index contributed by atoms with van der Waals surface area (Å²) in [6.07, 6.45) is 13.1. The highest BCUT2D eigenvalue weighted by atomic mass is 16.3. The Balaban J connectivity index is 1.30. The maximum absolute atomic E-state index is 13.1. The lowest BCUT2D eigenvalue weighted by Gasteiger charge is -2.28. The minimum absolute atomic E-state index is 0.159. The van der Waals surface area contributed by atoms with E-state index in [0.29, 0.717) is 17.3 Å². The third-order valence-corrected chi connectivity index (χ3v) is 7.34. The van der Waals surface area contributed by atoms with Crippen molar-refractivity contribution < 1.29 is 14.3 Å². The zero-order valence-electron chi connectivity index (χ0n) is 21.3. The van der Waals surface area contributed by atoms with E-state index >= 15 is 0 Å². The molecule has 2 aliphatic carbocycles. The summed E-state index contributed by atoms with van der Waals surface area (Å²) in [6.45, 7) is 6.51. The molecule has 0 bridgehead atoms. The number of nitrogens with one attached hydrogen (secondary N) is 2. The summed E-state index contributed by atoms with van der Waals surface area (Å²) in [6, 6.07) is 3.95. The van der Waals surface area contributed by atoms with Gasteiger partial charge in [0.1, 0.15) is 23.4 Å². The minimum atomic E-state index is -1.20. The third kappa shape index (κ3) is 5.61. The molecule has 0 atom stereocenters. The van der Waals surface area contributed by atoms with Crippen molar-refractivity contribution in [1.82, 2.24) is 19.7 Å². The number of aromatic nitrogens is 4. The standard InChI is InChI=1S/C27H36N6O3/c1-4-17-7-9-20(10-8-17)33-15-21(24(32-33)27(2,3)35)30-25(34)22-16-36-26(31-22)19-11-12-28-23(13-19)29-14-18-5-6-18/h11-13,15-18,20,35H,4-10,14H2,1-3H3,(H,28,29)(H,30,34)/t17-,20+. The van der Waals surface area contributed by atoms with Crippen molar-refractivity contribution in [2.75, 3.05) is 17.2 Å². The van der Waals surface area contributed by atoms with Crippen LogP contribution in [0, 0.1) is 11.8 Å². The quantitative estimate of drug-likeness (QED) is 0.367. The molecule has 0 radical (unpaired) electrons. The van der Waals surface area contributed by atoms with E-state index in [1.165, 1.54) is 38.4 Å². The zero-order valence-corrected chi connectivity index (χ0v) is 21.3. The number of nitrogens with zero attached hydrogens (tertiary/aromatic N) is 4. The highest BCUT2D eigenvalue weighted by molar-refractivity contribution is 6.03. The molecule has 5 rings (SSSR count). The van der Waals surface area contributed by atoms with Crippen LogP contribution in [-0.4, -0.2) is 37.3 Å². The molecule has 3 N–H and O–H groups in total. The van der Waals surface area contributed by atoms with Crippen molar-refractivity contribution in [3.8, 4) is 11.5 Å². The molecule has 3 aromatic rings. The molecular formula is C27H36N6O3. The molecule has 9 nitrogen and oxygen atoms in total. The van der Waals surface area contributed by atoms with Crippen molar-refractivity contribution in [3.63, 3.8) is 0 Å². The van der Waals surface area contributed by atoms with Gasteiger partial charge in [0.05, 0.1) is 11.7 Å². The van der Waals surface area contributed by atoms with Gasteiger partial charge in [-0.25, -0.2) is 9.97 Å². The SMILES string of the molecule is CC[C@H]1CC[C@@H](n2cc(NC(=O)c3coc(-c4ccnc(NCC5CC5)c4)n3)c(C(C)(C)O)n2)CC1. The van der Waals surface area contributed by atoms with E-state index in [-0.39, 0.29) is 11.7 Å². The molecule has 1 amide bonds. The molecule has 36 heavy (non-hydrogen) atoms. The second-order valence-electron chi connectivity index (χ2n) is 10.8. The molecule has 9 heteroatoms. The fourth-order valence-corrected chi connectivity index (χ4v) is 4.87. The number of carbonyl (C=O) groups excluding carboxylic acids is 1. The number of oxazole rings is 1. The molecule has 3 aromatic heterocycles. The number of carbonyl (C=O) groups is 1. The van der Waals surface area contributed by atoms with Crippen molar-refractivity contribution in [2.24, 2.45) is 11.8 Å². The van der Waals surface area contributed by atoms with E-state index in [2.05, 4.69) is 27.5 Å². The van der Waals surface area contributed by atoms with E-state index in [0.717, 1.165) is 42.6 Å². The molecule has 0 spiro atoms. The third-order valence-electron chi connectivity index (χ3n) is 7.34. The Morgan fingerprint density at radius 2 is 1.94 bits per heavy atom. The molecule has 0 unspecified atom stereocenters. The number of amides is 1. The number of anilines is 2. The number of hydrogen-bond donors (Lipinski definition) is 3. The van der Waals surface area contributed by atoms with E-state index in [4.69, 9.17) is 9.52 Å². The predicted octanol–water partition coefficient (Wildman–Crippen LogP) is 5.38. The molecule has 192 valence electrons. The van der Waals surface area contributed by atoms with Gasteiger partial charge in [-0.1, -0.05) is 13.3 Å². The van der Waals surface area contributed by atoms with Gasteiger partial charge >= 0.3 is 0 Å². The first-order valence-electron chi connectivity index (χ1n) is 13.1. The van der Waals surface area contributed by atoms with E-state index in [1.807, 2.05) is 16.9 Å². The first-order valence-corrected chi connectivity index (χ1v) is 13.1. The maximum atomic E-state index is 13.1. The second-order valence-corrected chi connectivity index (χ2v) is 10.8.